The van der Waals surface area contributed by atoms with Crippen molar-refractivity contribution in [1.82, 2.24) is 9.88 Å². The Bertz CT molecular complexity index is 863. The molecule has 0 spiro atoms. The molecule has 27 heavy (non-hydrogen) atoms. The van der Waals surface area contributed by atoms with E-state index in [9.17, 15) is 14.4 Å². The number of nitrogens with one attached hydrogen (secondary N) is 1. The average molecular weight is 368 g/mol. The summed E-state index contributed by atoms with van der Waals surface area (Å²) in [6.45, 7) is 9.64. The van der Waals surface area contributed by atoms with Gasteiger partial charge in [0, 0.05) is 37.0 Å². The van der Waals surface area contributed by atoms with Crippen LogP contribution in [0.3, 0.4) is 0 Å². The van der Waals surface area contributed by atoms with Crippen molar-refractivity contribution in [3.63, 3.8) is 0 Å². The second-order valence-corrected chi connectivity index (χ2v) is 6.29. The molecule has 1 aromatic heterocycles. The van der Waals surface area contributed by atoms with Crippen molar-refractivity contribution in [3.05, 3.63) is 71.1 Å². The zero-order valence-electron chi connectivity index (χ0n) is 15.9. The Morgan fingerprint density at radius 3 is 2.44 bits per heavy atom. The first-order chi connectivity index (χ1) is 12.8. The molecular weight excluding hydrogens is 344 g/mol. The van der Waals surface area contributed by atoms with Crippen molar-refractivity contribution >= 4 is 17.7 Å². The molecule has 0 saturated carbocycles. The smallest absolute Gasteiger partial charge is 0.338 e. The minimum atomic E-state index is -0.561. The highest BCUT2D eigenvalue weighted by Crippen LogP contribution is 2.16. The third kappa shape index (κ3) is 5.17. The van der Waals surface area contributed by atoms with Crippen LogP contribution in [0, 0.1) is 13.8 Å². The topological polar surface area (TPSA) is 77.4 Å². The van der Waals surface area contributed by atoms with Crippen LogP contribution in [0.25, 0.3) is 0 Å². The fourth-order valence-electron chi connectivity index (χ4n) is 2.77. The lowest BCUT2D eigenvalue weighted by atomic mass is 10.1. The highest BCUT2D eigenvalue weighted by molar-refractivity contribution is 6.00. The molecule has 0 atom stereocenters. The van der Waals surface area contributed by atoms with E-state index < -0.39 is 5.97 Å². The molecule has 1 aromatic carbocycles. The van der Waals surface area contributed by atoms with E-state index in [4.69, 9.17) is 4.74 Å². The normalized spacial score (nSPS) is 10.3. The average Bonchev–Trinajstić information content (AvgIpc) is 2.93. The van der Waals surface area contributed by atoms with Gasteiger partial charge >= 0.3 is 5.97 Å². The zero-order chi connectivity index (χ0) is 20.0. The van der Waals surface area contributed by atoms with Gasteiger partial charge in [-0.3, -0.25) is 9.59 Å². The number of carbonyl (C=O) groups is 3. The van der Waals surface area contributed by atoms with Crippen LogP contribution in [0.15, 0.2) is 43.0 Å². The van der Waals surface area contributed by atoms with E-state index >= 15 is 0 Å². The Balaban J connectivity index is 1.97. The number of amides is 1. The van der Waals surface area contributed by atoms with E-state index in [2.05, 4.69) is 11.9 Å². The molecule has 0 bridgehead atoms. The van der Waals surface area contributed by atoms with Gasteiger partial charge < -0.3 is 14.6 Å². The third-order valence-electron chi connectivity index (χ3n) is 4.25. The van der Waals surface area contributed by atoms with Crippen molar-refractivity contribution in [3.8, 4) is 0 Å². The van der Waals surface area contributed by atoms with Crippen molar-refractivity contribution < 1.29 is 19.1 Å². The van der Waals surface area contributed by atoms with Gasteiger partial charge in [0.05, 0.1) is 5.56 Å². The summed E-state index contributed by atoms with van der Waals surface area (Å²) in [6, 6.07) is 8.49. The van der Waals surface area contributed by atoms with Crippen LogP contribution in [-0.4, -0.2) is 28.8 Å². The molecule has 0 fully saturated rings. The molecule has 1 heterocycles. The number of rotatable bonds is 8. The highest BCUT2D eigenvalue weighted by Gasteiger charge is 2.17. The number of aromatic nitrogens is 1. The number of ether oxygens (including phenoxy) is 1. The number of allylic oxidation sites excluding steroid dienone is 1. The maximum Gasteiger partial charge on any atom is 0.338 e. The van der Waals surface area contributed by atoms with E-state index in [0.29, 0.717) is 24.2 Å². The Kier molecular flexibility index (Phi) is 6.71. The molecule has 0 aliphatic heterocycles. The predicted octanol–water partition coefficient (Wildman–Crippen LogP) is 2.97. The van der Waals surface area contributed by atoms with E-state index in [1.54, 1.807) is 36.4 Å². The molecular formula is C21H24N2O4. The largest absolute Gasteiger partial charge is 0.454 e. The Labute approximate surface area is 158 Å². The van der Waals surface area contributed by atoms with Gasteiger partial charge in [0.2, 0.25) is 11.7 Å². The van der Waals surface area contributed by atoms with Gasteiger partial charge in [-0.15, -0.1) is 6.58 Å². The highest BCUT2D eigenvalue weighted by atomic mass is 16.5. The maximum atomic E-state index is 12.4. The monoisotopic (exact) mass is 368 g/mol. The Morgan fingerprint density at radius 2 is 1.85 bits per heavy atom. The second kappa shape index (κ2) is 8.98. The van der Waals surface area contributed by atoms with E-state index in [1.165, 1.54) is 6.92 Å². The lowest BCUT2D eigenvalue weighted by Crippen LogP contribution is -2.19. The van der Waals surface area contributed by atoms with Crippen molar-refractivity contribution in [2.45, 2.75) is 33.9 Å². The summed E-state index contributed by atoms with van der Waals surface area (Å²) in [5.41, 5.74) is 3.56. The number of hydrogen-bond acceptors (Lipinski definition) is 4. The van der Waals surface area contributed by atoms with Crippen LogP contribution >= 0.6 is 0 Å². The summed E-state index contributed by atoms with van der Waals surface area (Å²) >= 11 is 0. The Morgan fingerprint density at radius 1 is 1.19 bits per heavy atom. The molecule has 6 heteroatoms. The second-order valence-electron chi connectivity index (χ2n) is 6.29. The molecule has 1 N–H and O–H groups in total. The molecule has 0 saturated heterocycles. The molecule has 0 aliphatic rings. The number of ketones is 1. The number of benzene rings is 1. The van der Waals surface area contributed by atoms with E-state index in [1.807, 2.05) is 18.4 Å². The van der Waals surface area contributed by atoms with Gasteiger partial charge in [-0.1, -0.05) is 18.2 Å². The first kappa shape index (κ1) is 20.2. The van der Waals surface area contributed by atoms with Gasteiger partial charge in [0.1, 0.15) is 0 Å². The van der Waals surface area contributed by atoms with Crippen LogP contribution in [0.4, 0.5) is 0 Å². The van der Waals surface area contributed by atoms with Crippen molar-refractivity contribution in [2.24, 2.45) is 0 Å². The predicted molar refractivity (Wildman–Crippen MR) is 103 cm³/mol. The van der Waals surface area contributed by atoms with Gasteiger partial charge in [0.15, 0.2) is 6.61 Å². The van der Waals surface area contributed by atoms with E-state index in [0.717, 1.165) is 17.0 Å². The van der Waals surface area contributed by atoms with Crippen LogP contribution in [0.1, 0.15) is 44.6 Å². The first-order valence-electron chi connectivity index (χ1n) is 8.64. The van der Waals surface area contributed by atoms with Crippen molar-refractivity contribution in [1.29, 1.82) is 0 Å². The minimum Gasteiger partial charge on any atom is -0.454 e. The van der Waals surface area contributed by atoms with Gasteiger partial charge in [-0.25, -0.2) is 4.79 Å². The molecule has 0 aliphatic carbocycles. The molecule has 0 unspecified atom stereocenters. The lowest BCUT2D eigenvalue weighted by molar-refractivity contribution is -0.119. The number of aryl methyl sites for hydroxylation is 1. The summed E-state index contributed by atoms with van der Waals surface area (Å²) in [4.78, 5) is 35.5. The summed E-state index contributed by atoms with van der Waals surface area (Å²) in [7, 11) is 0. The number of esters is 1. The maximum absolute atomic E-state index is 12.4. The number of Topliss-reactive ketones (excluding diaryl/α,β-unsaturated/α-hetero) is 1. The van der Waals surface area contributed by atoms with Gasteiger partial charge in [-0.2, -0.15) is 0 Å². The molecule has 2 rings (SSSR count). The molecule has 142 valence electrons. The van der Waals surface area contributed by atoms with Gasteiger partial charge in [0.25, 0.3) is 0 Å². The quantitative estimate of drug-likeness (QED) is 0.441. The fraction of sp³-hybridized carbons (Fsp3) is 0.286. The standard InChI is InChI=1S/C21H24N2O4/c1-5-10-23-14(2)11-19(15(23)3)20(25)13-27-21(26)18-8-6-17(7-9-18)12-22-16(4)24/h5-9,11H,1,10,12-13H2,2-4H3,(H,22,24). The summed E-state index contributed by atoms with van der Waals surface area (Å²) in [6.07, 6.45) is 1.77. The van der Waals surface area contributed by atoms with Crippen LogP contribution in [0.2, 0.25) is 0 Å². The third-order valence-corrected chi connectivity index (χ3v) is 4.25. The molecule has 0 radical (unpaired) electrons. The number of carbonyl (C=O) groups excluding carboxylic acids is 3. The van der Waals surface area contributed by atoms with Crippen LogP contribution < -0.4 is 5.32 Å². The minimum absolute atomic E-state index is 0.121. The van der Waals surface area contributed by atoms with Crippen LogP contribution in [0.5, 0.6) is 0 Å². The first-order valence-corrected chi connectivity index (χ1v) is 8.64. The summed E-state index contributed by atoms with van der Waals surface area (Å²) < 4.78 is 7.14. The number of hydrogen-bond donors (Lipinski definition) is 1. The SMILES string of the molecule is C=CCn1c(C)cc(C(=O)COC(=O)c2ccc(CNC(C)=O)cc2)c1C. The molecule has 6 nitrogen and oxygen atoms in total. The van der Waals surface area contributed by atoms with Crippen molar-refractivity contribution in [2.75, 3.05) is 6.61 Å². The fourth-order valence-corrected chi connectivity index (χ4v) is 2.77. The molecule has 1 amide bonds. The van der Waals surface area contributed by atoms with Gasteiger partial charge in [-0.05, 0) is 37.6 Å². The van der Waals surface area contributed by atoms with Crippen LogP contribution in [-0.2, 0) is 22.6 Å². The zero-order valence-corrected chi connectivity index (χ0v) is 15.9. The number of nitrogens with zero attached hydrogens (tertiary/aromatic N) is 1. The lowest BCUT2D eigenvalue weighted by Gasteiger charge is -2.07. The Hall–Kier alpha value is -3.15. The summed E-state index contributed by atoms with van der Waals surface area (Å²) in [5, 5.41) is 2.68. The molecule has 2 aromatic rings. The van der Waals surface area contributed by atoms with E-state index in [-0.39, 0.29) is 18.3 Å². The summed E-state index contributed by atoms with van der Waals surface area (Å²) in [5.74, 6) is -0.923.